The molecule has 2 aliphatic heterocycles. The number of rotatable bonds is 6. The van der Waals surface area contributed by atoms with Crippen molar-refractivity contribution in [3.8, 4) is 0 Å². The zero-order chi connectivity index (χ0) is 17.0. The van der Waals surface area contributed by atoms with Crippen LogP contribution >= 0.6 is 0 Å². The zero-order valence-electron chi connectivity index (χ0n) is 13.9. The summed E-state index contributed by atoms with van der Waals surface area (Å²) in [6, 6.07) is 7.16. The monoisotopic (exact) mass is 337 g/mol. The second-order valence-corrected chi connectivity index (χ2v) is 6.71. The number of ether oxygens (including phenoxy) is 2. The first kappa shape index (κ1) is 17.8. The van der Waals surface area contributed by atoms with Crippen LogP contribution in [0.1, 0.15) is 36.5 Å². The molecule has 0 saturated carbocycles. The smallest absolute Gasteiger partial charge is 0.170 e. The van der Waals surface area contributed by atoms with Crippen molar-refractivity contribution >= 4 is 0 Å². The van der Waals surface area contributed by atoms with Gasteiger partial charge in [-0.05, 0) is 11.1 Å². The van der Waals surface area contributed by atoms with E-state index in [9.17, 15) is 10.2 Å². The minimum absolute atomic E-state index is 0.0110. The van der Waals surface area contributed by atoms with Gasteiger partial charge >= 0.3 is 0 Å². The Kier molecular flexibility index (Phi) is 5.86. The molecule has 134 valence electrons. The van der Waals surface area contributed by atoms with E-state index in [2.05, 4.69) is 4.90 Å². The number of hydrogen-bond acceptors (Lipinski definition) is 6. The number of aliphatic hydroxyl groups excluding tert-OH is 3. The second-order valence-electron chi connectivity index (χ2n) is 6.71. The number of benzene rings is 1. The maximum atomic E-state index is 10.3. The van der Waals surface area contributed by atoms with Gasteiger partial charge in [0.15, 0.2) is 5.79 Å². The lowest BCUT2D eigenvalue weighted by atomic mass is 10.00. The molecule has 2 atom stereocenters. The van der Waals surface area contributed by atoms with Crippen LogP contribution in [0.25, 0.3) is 0 Å². The maximum absolute atomic E-state index is 10.3. The molecule has 0 radical (unpaired) electrons. The normalized spacial score (nSPS) is 23.5. The maximum Gasteiger partial charge on any atom is 0.170 e. The summed E-state index contributed by atoms with van der Waals surface area (Å²) >= 11 is 0. The van der Waals surface area contributed by atoms with Gasteiger partial charge in [-0.15, -0.1) is 0 Å². The van der Waals surface area contributed by atoms with Crippen molar-refractivity contribution in [3.05, 3.63) is 35.4 Å². The van der Waals surface area contributed by atoms with E-state index in [0.717, 1.165) is 37.1 Å². The van der Waals surface area contributed by atoms with E-state index >= 15 is 0 Å². The molecule has 24 heavy (non-hydrogen) atoms. The van der Waals surface area contributed by atoms with Crippen LogP contribution in [0, 0.1) is 0 Å². The molecule has 6 heteroatoms. The van der Waals surface area contributed by atoms with E-state index in [1.807, 2.05) is 0 Å². The van der Waals surface area contributed by atoms with Crippen molar-refractivity contribution in [2.45, 2.75) is 43.9 Å². The lowest BCUT2D eigenvalue weighted by molar-refractivity contribution is -0.186. The lowest BCUT2D eigenvalue weighted by Crippen LogP contribution is -2.47. The fourth-order valence-electron chi connectivity index (χ4n) is 3.47. The fourth-order valence-corrected chi connectivity index (χ4v) is 3.47. The minimum Gasteiger partial charge on any atom is -0.392 e. The lowest BCUT2D eigenvalue weighted by Gasteiger charge is -2.38. The van der Waals surface area contributed by atoms with Crippen molar-refractivity contribution in [2.24, 2.45) is 0 Å². The van der Waals surface area contributed by atoms with Crippen molar-refractivity contribution in [2.75, 3.05) is 32.8 Å². The van der Waals surface area contributed by atoms with Gasteiger partial charge in [0, 0.05) is 38.9 Å². The number of β-amino-alcohol motifs (C(OH)–C–C–N with tert-alkyl or cyclic N) is 1. The standard InChI is InChI=1S/C18H27NO5/c20-13-14-1-3-15(4-2-14)17(22)11-16(21)12-19-7-5-18(6-8-19)23-9-10-24-18/h1-4,16-17,20-22H,5-13H2/t16-,17+/m1/s1. The quantitative estimate of drug-likeness (QED) is 0.712. The van der Waals surface area contributed by atoms with Gasteiger partial charge in [-0.25, -0.2) is 0 Å². The molecule has 0 unspecified atom stereocenters. The minimum atomic E-state index is -0.703. The highest BCUT2D eigenvalue weighted by atomic mass is 16.7. The number of piperidine rings is 1. The average Bonchev–Trinajstić information content (AvgIpc) is 3.05. The summed E-state index contributed by atoms with van der Waals surface area (Å²) in [7, 11) is 0. The van der Waals surface area contributed by atoms with Gasteiger partial charge in [-0.3, -0.25) is 0 Å². The van der Waals surface area contributed by atoms with E-state index in [4.69, 9.17) is 14.6 Å². The molecule has 6 nitrogen and oxygen atoms in total. The molecule has 0 bridgehead atoms. The Labute approximate surface area is 142 Å². The second kappa shape index (κ2) is 7.91. The third-order valence-electron chi connectivity index (χ3n) is 4.94. The molecule has 1 spiro atoms. The van der Waals surface area contributed by atoms with Gasteiger partial charge in [-0.2, -0.15) is 0 Å². The first-order chi connectivity index (χ1) is 11.6. The van der Waals surface area contributed by atoms with Gasteiger partial charge in [0.25, 0.3) is 0 Å². The van der Waals surface area contributed by atoms with Crippen LogP contribution in [0.3, 0.4) is 0 Å². The van der Waals surface area contributed by atoms with Crippen LogP contribution in [-0.4, -0.2) is 65.0 Å². The van der Waals surface area contributed by atoms with Crippen LogP contribution in [0.5, 0.6) is 0 Å². The highest BCUT2D eigenvalue weighted by Gasteiger charge is 2.39. The molecule has 1 aromatic carbocycles. The summed E-state index contributed by atoms with van der Waals surface area (Å²) in [5, 5.41) is 29.6. The van der Waals surface area contributed by atoms with Gasteiger partial charge in [0.05, 0.1) is 32.0 Å². The molecule has 0 amide bonds. The van der Waals surface area contributed by atoms with Crippen molar-refractivity contribution in [1.82, 2.24) is 4.90 Å². The number of nitrogens with zero attached hydrogens (tertiary/aromatic N) is 1. The molecule has 0 aromatic heterocycles. The van der Waals surface area contributed by atoms with E-state index in [-0.39, 0.29) is 6.61 Å². The first-order valence-corrected chi connectivity index (χ1v) is 8.66. The zero-order valence-corrected chi connectivity index (χ0v) is 13.9. The Bertz CT molecular complexity index is 505. The average molecular weight is 337 g/mol. The number of aliphatic hydroxyl groups is 3. The summed E-state index contributed by atoms with van der Waals surface area (Å²) in [5.74, 6) is -0.393. The van der Waals surface area contributed by atoms with Crippen molar-refractivity contribution in [1.29, 1.82) is 0 Å². The van der Waals surface area contributed by atoms with Gasteiger partial charge in [0.2, 0.25) is 0 Å². The summed E-state index contributed by atoms with van der Waals surface area (Å²) < 4.78 is 11.4. The highest BCUT2D eigenvalue weighted by Crippen LogP contribution is 2.31. The van der Waals surface area contributed by atoms with E-state index < -0.39 is 18.0 Å². The van der Waals surface area contributed by atoms with Gasteiger partial charge in [-0.1, -0.05) is 24.3 Å². The molecule has 0 aliphatic carbocycles. The molecular weight excluding hydrogens is 310 g/mol. The van der Waals surface area contributed by atoms with Crippen molar-refractivity contribution in [3.63, 3.8) is 0 Å². The third kappa shape index (κ3) is 4.33. The third-order valence-corrected chi connectivity index (χ3v) is 4.94. The number of likely N-dealkylation sites (tertiary alicyclic amines) is 1. The highest BCUT2D eigenvalue weighted by molar-refractivity contribution is 5.23. The molecule has 1 aromatic rings. The molecule has 3 rings (SSSR count). The van der Waals surface area contributed by atoms with Gasteiger partial charge in [0.1, 0.15) is 0 Å². The van der Waals surface area contributed by atoms with E-state index in [1.54, 1.807) is 24.3 Å². The predicted octanol–water partition coefficient (Wildman–Crippen LogP) is 0.802. The molecule has 2 aliphatic rings. The fraction of sp³-hybridized carbons (Fsp3) is 0.667. The Morgan fingerprint density at radius 2 is 1.67 bits per heavy atom. The van der Waals surface area contributed by atoms with E-state index in [0.29, 0.717) is 26.2 Å². The summed E-state index contributed by atoms with van der Waals surface area (Å²) in [6.45, 7) is 3.54. The topological polar surface area (TPSA) is 82.4 Å². The van der Waals surface area contributed by atoms with Crippen LogP contribution in [-0.2, 0) is 16.1 Å². The Morgan fingerprint density at radius 3 is 2.25 bits per heavy atom. The summed E-state index contributed by atoms with van der Waals surface area (Å²) in [4.78, 5) is 2.20. The molecule has 2 saturated heterocycles. The Balaban J connectivity index is 1.44. The predicted molar refractivity (Wildman–Crippen MR) is 88.3 cm³/mol. The van der Waals surface area contributed by atoms with Crippen molar-refractivity contribution < 1.29 is 24.8 Å². The SMILES string of the molecule is OCc1ccc([C@@H](O)C[C@@H](O)CN2CCC3(CC2)OCCO3)cc1. The largest absolute Gasteiger partial charge is 0.392 e. The van der Waals surface area contributed by atoms with Crippen LogP contribution in [0.2, 0.25) is 0 Å². The molecule has 2 fully saturated rings. The van der Waals surface area contributed by atoms with Crippen LogP contribution < -0.4 is 0 Å². The Hall–Kier alpha value is -1.02. The van der Waals surface area contributed by atoms with Crippen LogP contribution in [0.15, 0.2) is 24.3 Å². The van der Waals surface area contributed by atoms with Gasteiger partial charge < -0.3 is 29.7 Å². The molecular formula is C18H27NO5. The summed E-state index contributed by atoms with van der Waals surface area (Å²) in [6.07, 6.45) is 0.658. The Morgan fingerprint density at radius 1 is 1.04 bits per heavy atom. The summed E-state index contributed by atoms with van der Waals surface area (Å²) in [5.41, 5.74) is 1.57. The number of hydrogen-bond donors (Lipinski definition) is 3. The van der Waals surface area contributed by atoms with Crippen LogP contribution in [0.4, 0.5) is 0 Å². The first-order valence-electron chi connectivity index (χ1n) is 8.66. The van der Waals surface area contributed by atoms with E-state index in [1.165, 1.54) is 0 Å². The molecule has 2 heterocycles. The molecule has 3 N–H and O–H groups in total.